The summed E-state index contributed by atoms with van der Waals surface area (Å²) >= 11 is 12.2. The van der Waals surface area contributed by atoms with Gasteiger partial charge < -0.3 is 10.2 Å². The zero-order valence-electron chi connectivity index (χ0n) is 14.8. The Morgan fingerprint density at radius 3 is 2.70 bits per heavy atom. The van der Waals surface area contributed by atoms with Crippen molar-refractivity contribution in [2.24, 2.45) is 0 Å². The van der Waals surface area contributed by atoms with Crippen molar-refractivity contribution >= 4 is 41.5 Å². The lowest BCUT2D eigenvalue weighted by molar-refractivity contribution is 0.0773. The van der Waals surface area contributed by atoms with Crippen molar-refractivity contribution in [3.63, 3.8) is 0 Å². The van der Waals surface area contributed by atoms with Crippen molar-refractivity contribution in [3.8, 4) is 5.69 Å². The third kappa shape index (κ3) is 4.41. The second kappa shape index (κ2) is 8.80. The predicted molar refractivity (Wildman–Crippen MR) is 110 cm³/mol. The monoisotopic (exact) mass is 429 g/mol. The van der Waals surface area contributed by atoms with Crippen molar-refractivity contribution in [3.05, 3.63) is 46.2 Å². The van der Waals surface area contributed by atoms with Gasteiger partial charge >= 0.3 is 0 Å². The number of benzene rings is 1. The van der Waals surface area contributed by atoms with Gasteiger partial charge in [-0.2, -0.15) is 5.10 Å². The lowest BCUT2D eigenvalue weighted by atomic mass is 10.2. The quantitative estimate of drug-likeness (QED) is 0.813. The highest BCUT2D eigenvalue weighted by atomic mass is 35.5. The zero-order chi connectivity index (χ0) is 18.1. The van der Waals surface area contributed by atoms with Gasteiger partial charge in [-0.25, -0.2) is 4.68 Å². The Balaban J connectivity index is 0.00000210. The number of rotatable bonds is 3. The standard InChI is InChI=1S/C18H21Cl2N5O.ClH/c19-14-1-2-17(16(20)9-14)25-11-13(10-22-25)18(26)24-6-3-15(12-24)23-7-4-21-5-8-23;/h1-2,9-11,15,21H,3-8,12H2;1H. The van der Waals surface area contributed by atoms with E-state index in [1.54, 1.807) is 35.3 Å². The number of aromatic nitrogens is 2. The molecule has 1 aromatic carbocycles. The van der Waals surface area contributed by atoms with E-state index in [1.807, 2.05) is 4.90 Å². The van der Waals surface area contributed by atoms with Crippen LogP contribution in [0.25, 0.3) is 5.69 Å². The minimum atomic E-state index is 0. The summed E-state index contributed by atoms with van der Waals surface area (Å²) in [6.45, 7) is 5.74. The molecule has 0 saturated carbocycles. The molecule has 0 radical (unpaired) electrons. The average Bonchev–Trinajstić information content (AvgIpc) is 3.32. The molecule has 1 atom stereocenters. The van der Waals surface area contributed by atoms with E-state index in [1.165, 1.54) is 0 Å². The van der Waals surface area contributed by atoms with Crippen molar-refractivity contribution < 1.29 is 4.79 Å². The Morgan fingerprint density at radius 2 is 1.96 bits per heavy atom. The lowest BCUT2D eigenvalue weighted by Crippen LogP contribution is -2.49. The van der Waals surface area contributed by atoms with Gasteiger partial charge in [0.05, 0.1) is 22.5 Å². The molecule has 2 aromatic rings. The van der Waals surface area contributed by atoms with Crippen LogP contribution in [0.5, 0.6) is 0 Å². The van der Waals surface area contributed by atoms with Crippen LogP contribution in [0.1, 0.15) is 16.8 Å². The summed E-state index contributed by atoms with van der Waals surface area (Å²) in [6.07, 6.45) is 4.36. The van der Waals surface area contributed by atoms with Crippen LogP contribution in [0, 0.1) is 0 Å². The van der Waals surface area contributed by atoms with E-state index in [4.69, 9.17) is 23.2 Å². The number of halogens is 3. The maximum atomic E-state index is 12.8. The van der Waals surface area contributed by atoms with E-state index in [0.717, 1.165) is 45.7 Å². The lowest BCUT2D eigenvalue weighted by Gasteiger charge is -2.32. The number of carbonyl (C=O) groups excluding carboxylic acids is 1. The fourth-order valence-corrected chi connectivity index (χ4v) is 4.18. The first-order valence-electron chi connectivity index (χ1n) is 8.86. The molecule has 146 valence electrons. The van der Waals surface area contributed by atoms with Crippen LogP contribution in [0.3, 0.4) is 0 Å². The molecule has 0 bridgehead atoms. The molecule has 6 nitrogen and oxygen atoms in total. The molecule has 27 heavy (non-hydrogen) atoms. The Bertz CT molecular complexity index is 806. The van der Waals surface area contributed by atoms with E-state index in [2.05, 4.69) is 15.3 Å². The second-order valence-electron chi connectivity index (χ2n) is 6.75. The summed E-state index contributed by atoms with van der Waals surface area (Å²) in [4.78, 5) is 17.3. The normalized spacial score (nSPS) is 20.5. The largest absolute Gasteiger partial charge is 0.337 e. The van der Waals surface area contributed by atoms with Crippen LogP contribution in [0.15, 0.2) is 30.6 Å². The Kier molecular flexibility index (Phi) is 6.65. The number of piperazine rings is 1. The number of likely N-dealkylation sites (tertiary alicyclic amines) is 1. The summed E-state index contributed by atoms with van der Waals surface area (Å²) in [5.74, 6) is 0.0268. The summed E-state index contributed by atoms with van der Waals surface area (Å²) in [5, 5.41) is 8.74. The molecule has 2 aliphatic heterocycles. The van der Waals surface area contributed by atoms with E-state index in [-0.39, 0.29) is 18.3 Å². The molecule has 4 rings (SSSR count). The minimum absolute atomic E-state index is 0. The van der Waals surface area contributed by atoms with E-state index >= 15 is 0 Å². The van der Waals surface area contributed by atoms with Crippen LogP contribution in [-0.2, 0) is 0 Å². The van der Waals surface area contributed by atoms with Crippen LogP contribution >= 0.6 is 35.6 Å². The highest BCUT2D eigenvalue weighted by molar-refractivity contribution is 6.35. The highest BCUT2D eigenvalue weighted by Gasteiger charge is 2.31. The molecule has 3 heterocycles. The number of amides is 1. The molecule has 1 unspecified atom stereocenters. The van der Waals surface area contributed by atoms with Gasteiger partial charge in [0, 0.05) is 56.5 Å². The van der Waals surface area contributed by atoms with Gasteiger partial charge in [-0.3, -0.25) is 9.69 Å². The Labute approximate surface area is 174 Å². The van der Waals surface area contributed by atoms with Crippen molar-refractivity contribution in [2.45, 2.75) is 12.5 Å². The van der Waals surface area contributed by atoms with Gasteiger partial charge in [0.2, 0.25) is 0 Å². The maximum absolute atomic E-state index is 12.8. The highest BCUT2D eigenvalue weighted by Crippen LogP contribution is 2.25. The van der Waals surface area contributed by atoms with Crippen LogP contribution in [0.4, 0.5) is 0 Å². The summed E-state index contributed by atoms with van der Waals surface area (Å²) < 4.78 is 1.62. The number of hydrogen-bond donors (Lipinski definition) is 1. The van der Waals surface area contributed by atoms with Crippen LogP contribution in [0.2, 0.25) is 10.0 Å². The van der Waals surface area contributed by atoms with E-state index in [9.17, 15) is 4.79 Å². The smallest absolute Gasteiger partial charge is 0.257 e. The van der Waals surface area contributed by atoms with Gasteiger partial charge in [0.1, 0.15) is 0 Å². The molecule has 0 aliphatic carbocycles. The molecular formula is C18H22Cl3N5O. The molecule has 1 N–H and O–H groups in total. The SMILES string of the molecule is Cl.O=C(c1cnn(-c2ccc(Cl)cc2Cl)c1)N1CCC(N2CCNCC2)C1. The molecule has 0 spiro atoms. The molecule has 9 heteroatoms. The summed E-state index contributed by atoms with van der Waals surface area (Å²) in [5.41, 5.74) is 1.28. The van der Waals surface area contributed by atoms with Crippen LogP contribution in [-0.4, -0.2) is 70.8 Å². The van der Waals surface area contributed by atoms with Gasteiger partial charge in [-0.05, 0) is 24.6 Å². The van der Waals surface area contributed by atoms with Crippen molar-refractivity contribution in [1.82, 2.24) is 24.9 Å². The van der Waals surface area contributed by atoms with Gasteiger partial charge in [-0.15, -0.1) is 12.4 Å². The van der Waals surface area contributed by atoms with Gasteiger partial charge in [0.25, 0.3) is 5.91 Å². The number of nitrogens with one attached hydrogen (secondary N) is 1. The molecule has 2 fully saturated rings. The first-order valence-corrected chi connectivity index (χ1v) is 9.61. The molecule has 1 amide bonds. The van der Waals surface area contributed by atoms with Crippen molar-refractivity contribution in [1.29, 1.82) is 0 Å². The third-order valence-electron chi connectivity index (χ3n) is 5.10. The van der Waals surface area contributed by atoms with Gasteiger partial charge in [0.15, 0.2) is 0 Å². The third-order valence-corrected chi connectivity index (χ3v) is 5.64. The Hall–Kier alpha value is -1.31. The molecule has 2 saturated heterocycles. The van der Waals surface area contributed by atoms with E-state index < -0.39 is 0 Å². The first-order chi connectivity index (χ1) is 12.6. The number of carbonyl (C=O) groups is 1. The fourth-order valence-electron chi connectivity index (χ4n) is 3.69. The Morgan fingerprint density at radius 1 is 1.19 bits per heavy atom. The minimum Gasteiger partial charge on any atom is -0.337 e. The fraction of sp³-hybridized carbons (Fsp3) is 0.444. The maximum Gasteiger partial charge on any atom is 0.257 e. The molecule has 2 aliphatic rings. The summed E-state index contributed by atoms with van der Waals surface area (Å²) in [6, 6.07) is 5.68. The number of nitrogens with zero attached hydrogens (tertiary/aromatic N) is 4. The zero-order valence-corrected chi connectivity index (χ0v) is 17.1. The van der Waals surface area contributed by atoms with Gasteiger partial charge in [-0.1, -0.05) is 23.2 Å². The molecular weight excluding hydrogens is 409 g/mol. The second-order valence-corrected chi connectivity index (χ2v) is 7.59. The van der Waals surface area contributed by atoms with Crippen LogP contribution < -0.4 is 5.32 Å². The van der Waals surface area contributed by atoms with Crippen molar-refractivity contribution in [2.75, 3.05) is 39.3 Å². The summed E-state index contributed by atoms with van der Waals surface area (Å²) in [7, 11) is 0. The van der Waals surface area contributed by atoms with E-state index in [0.29, 0.717) is 27.3 Å². The predicted octanol–water partition coefficient (Wildman–Crippen LogP) is 2.72. The average molecular weight is 431 g/mol. The topological polar surface area (TPSA) is 53.4 Å². The number of hydrogen-bond acceptors (Lipinski definition) is 4. The molecule has 1 aromatic heterocycles. The first kappa shape index (κ1) is 20.4.